The minimum Gasteiger partial charge on any atom is -0.364 e. The van der Waals surface area contributed by atoms with Gasteiger partial charge in [-0.15, -0.1) is 0 Å². The second kappa shape index (κ2) is 7.83. The fourth-order valence-electron chi connectivity index (χ4n) is 2.31. The van der Waals surface area contributed by atoms with Gasteiger partial charge >= 0.3 is 0 Å². The Morgan fingerprint density at radius 1 is 0.900 bits per heavy atom. The molecule has 106 valence electrons. The molecule has 0 aromatic heterocycles. The summed E-state index contributed by atoms with van der Waals surface area (Å²) in [4.78, 5) is 0. The first-order chi connectivity index (χ1) is 9.85. The number of hydrogen-bond acceptors (Lipinski definition) is 2. The maximum absolute atomic E-state index is 6.35. The van der Waals surface area contributed by atoms with Crippen LogP contribution in [0, 0.1) is 0 Å². The molecule has 0 aliphatic rings. The molecule has 1 atom stereocenters. The molecule has 0 aliphatic carbocycles. The molecule has 0 saturated carbocycles. The second-order valence-electron chi connectivity index (χ2n) is 4.93. The first kappa shape index (κ1) is 14.8. The molecule has 0 saturated heterocycles. The molecular weight excluding hydrogens is 246 g/mol. The van der Waals surface area contributed by atoms with E-state index in [0.29, 0.717) is 0 Å². The molecule has 2 aromatic rings. The molecule has 1 N–H and O–H groups in total. The third kappa shape index (κ3) is 3.92. The first-order valence-electron chi connectivity index (χ1n) is 7.25. The molecule has 0 heterocycles. The molecule has 2 rings (SSSR count). The van der Waals surface area contributed by atoms with Crippen molar-refractivity contribution in [2.45, 2.75) is 25.6 Å². The molecule has 2 heteroatoms. The number of rotatable bonds is 7. The van der Waals surface area contributed by atoms with Crippen molar-refractivity contribution >= 4 is 0 Å². The number of ether oxygens (including phenoxy) is 1. The van der Waals surface area contributed by atoms with Crippen LogP contribution >= 0.6 is 0 Å². The Balaban J connectivity index is 2.25. The van der Waals surface area contributed by atoms with E-state index < -0.39 is 0 Å². The number of nitrogens with one attached hydrogen (secondary N) is 1. The lowest BCUT2D eigenvalue weighted by Crippen LogP contribution is -2.28. The van der Waals surface area contributed by atoms with Crippen molar-refractivity contribution in [2.24, 2.45) is 0 Å². The summed E-state index contributed by atoms with van der Waals surface area (Å²) >= 11 is 0. The van der Waals surface area contributed by atoms with Gasteiger partial charge < -0.3 is 10.1 Å². The zero-order chi connectivity index (χ0) is 14.2. The van der Waals surface area contributed by atoms with E-state index in [4.69, 9.17) is 4.74 Å². The van der Waals surface area contributed by atoms with Crippen molar-refractivity contribution in [3.05, 3.63) is 71.8 Å². The van der Waals surface area contributed by atoms with Crippen LogP contribution in [-0.2, 0) is 4.74 Å². The van der Waals surface area contributed by atoms with Gasteiger partial charge in [-0.2, -0.15) is 0 Å². The van der Waals surface area contributed by atoms with Crippen LogP contribution in [0.2, 0.25) is 0 Å². The van der Waals surface area contributed by atoms with Gasteiger partial charge in [-0.25, -0.2) is 0 Å². The van der Waals surface area contributed by atoms with Gasteiger partial charge in [-0.05, 0) is 24.6 Å². The lowest BCUT2D eigenvalue weighted by Gasteiger charge is -2.25. The molecule has 0 fully saturated rings. The normalized spacial score (nSPS) is 12.6. The van der Waals surface area contributed by atoms with Crippen LogP contribution in [0.25, 0.3) is 0 Å². The Morgan fingerprint density at radius 3 is 1.80 bits per heavy atom. The monoisotopic (exact) mass is 269 g/mol. The predicted octanol–water partition coefficient (Wildman–Crippen LogP) is 3.79. The van der Waals surface area contributed by atoms with Gasteiger partial charge in [0, 0.05) is 6.54 Å². The number of hydrogen-bond donors (Lipinski definition) is 1. The van der Waals surface area contributed by atoms with E-state index in [0.717, 1.165) is 13.0 Å². The highest BCUT2D eigenvalue weighted by Gasteiger charge is 2.18. The standard InChI is InChI=1S/C18H23NO/c1-3-17(14-19-2)20-18(15-10-6-4-7-11-15)16-12-8-5-9-13-16/h4-13,17-19H,3,14H2,1-2H3. The van der Waals surface area contributed by atoms with Gasteiger partial charge in [0.2, 0.25) is 0 Å². The Kier molecular flexibility index (Phi) is 5.78. The fraction of sp³-hybridized carbons (Fsp3) is 0.333. The zero-order valence-corrected chi connectivity index (χ0v) is 12.3. The van der Waals surface area contributed by atoms with Gasteiger partial charge in [0.05, 0.1) is 6.10 Å². The van der Waals surface area contributed by atoms with E-state index in [1.165, 1.54) is 11.1 Å². The van der Waals surface area contributed by atoms with E-state index in [1.54, 1.807) is 0 Å². The Hall–Kier alpha value is -1.64. The van der Waals surface area contributed by atoms with Gasteiger partial charge in [0.1, 0.15) is 6.10 Å². The van der Waals surface area contributed by atoms with Crippen LogP contribution < -0.4 is 5.32 Å². The molecule has 20 heavy (non-hydrogen) atoms. The molecule has 2 aromatic carbocycles. The first-order valence-corrected chi connectivity index (χ1v) is 7.25. The summed E-state index contributed by atoms with van der Waals surface area (Å²) in [6.45, 7) is 3.03. The van der Waals surface area contributed by atoms with Gasteiger partial charge in [-0.1, -0.05) is 67.6 Å². The van der Waals surface area contributed by atoms with Gasteiger partial charge in [-0.3, -0.25) is 0 Å². The minimum absolute atomic E-state index is 0.00398. The number of benzene rings is 2. The fourth-order valence-corrected chi connectivity index (χ4v) is 2.31. The summed E-state index contributed by atoms with van der Waals surface area (Å²) in [5.74, 6) is 0. The molecule has 0 aliphatic heterocycles. The highest BCUT2D eigenvalue weighted by Crippen LogP contribution is 2.27. The van der Waals surface area contributed by atoms with E-state index in [1.807, 2.05) is 19.2 Å². The van der Waals surface area contributed by atoms with Crippen molar-refractivity contribution in [3.8, 4) is 0 Å². The van der Waals surface area contributed by atoms with Crippen molar-refractivity contribution in [1.29, 1.82) is 0 Å². The highest BCUT2D eigenvalue weighted by atomic mass is 16.5. The minimum atomic E-state index is -0.00398. The smallest absolute Gasteiger partial charge is 0.108 e. The third-order valence-electron chi connectivity index (χ3n) is 3.42. The van der Waals surface area contributed by atoms with Crippen molar-refractivity contribution < 1.29 is 4.74 Å². The van der Waals surface area contributed by atoms with Gasteiger partial charge in [0.15, 0.2) is 0 Å². The molecular formula is C18H23NO. The van der Waals surface area contributed by atoms with Crippen LogP contribution in [0.1, 0.15) is 30.6 Å². The maximum atomic E-state index is 6.35. The quantitative estimate of drug-likeness (QED) is 0.825. The topological polar surface area (TPSA) is 21.3 Å². The lowest BCUT2D eigenvalue weighted by atomic mass is 10.0. The van der Waals surface area contributed by atoms with Gasteiger partial charge in [0.25, 0.3) is 0 Å². The Bertz CT molecular complexity index is 444. The summed E-state index contributed by atoms with van der Waals surface area (Å²) < 4.78 is 6.35. The zero-order valence-electron chi connectivity index (χ0n) is 12.3. The average molecular weight is 269 g/mol. The van der Waals surface area contributed by atoms with E-state index in [2.05, 4.69) is 60.8 Å². The SMILES string of the molecule is CCC(CNC)OC(c1ccccc1)c1ccccc1. The molecule has 0 bridgehead atoms. The summed E-state index contributed by atoms with van der Waals surface area (Å²) in [5.41, 5.74) is 2.40. The summed E-state index contributed by atoms with van der Waals surface area (Å²) in [6.07, 6.45) is 1.21. The Morgan fingerprint density at radius 2 is 1.40 bits per heavy atom. The molecule has 0 radical (unpaired) electrons. The lowest BCUT2D eigenvalue weighted by molar-refractivity contribution is 0.00782. The molecule has 0 spiro atoms. The summed E-state index contributed by atoms with van der Waals surface area (Å²) in [6, 6.07) is 20.8. The van der Waals surface area contributed by atoms with Crippen LogP contribution in [-0.4, -0.2) is 19.7 Å². The van der Waals surface area contributed by atoms with Crippen molar-refractivity contribution in [3.63, 3.8) is 0 Å². The van der Waals surface area contributed by atoms with E-state index >= 15 is 0 Å². The van der Waals surface area contributed by atoms with Crippen molar-refractivity contribution in [1.82, 2.24) is 5.32 Å². The van der Waals surface area contributed by atoms with E-state index in [-0.39, 0.29) is 12.2 Å². The maximum Gasteiger partial charge on any atom is 0.108 e. The summed E-state index contributed by atoms with van der Waals surface area (Å²) in [7, 11) is 1.96. The molecule has 2 nitrogen and oxygen atoms in total. The third-order valence-corrected chi connectivity index (χ3v) is 3.42. The average Bonchev–Trinajstić information content (AvgIpc) is 2.53. The molecule has 0 amide bonds. The second-order valence-corrected chi connectivity index (χ2v) is 4.93. The predicted molar refractivity (Wildman–Crippen MR) is 83.8 cm³/mol. The van der Waals surface area contributed by atoms with Crippen LogP contribution in [0.5, 0.6) is 0 Å². The Labute approximate surface area is 121 Å². The van der Waals surface area contributed by atoms with Crippen LogP contribution in [0.4, 0.5) is 0 Å². The van der Waals surface area contributed by atoms with E-state index in [9.17, 15) is 0 Å². The highest BCUT2D eigenvalue weighted by molar-refractivity contribution is 5.29. The van der Waals surface area contributed by atoms with Crippen LogP contribution in [0.3, 0.4) is 0 Å². The van der Waals surface area contributed by atoms with Crippen LogP contribution in [0.15, 0.2) is 60.7 Å². The summed E-state index contributed by atoms with van der Waals surface area (Å²) in [5, 5.41) is 3.20. The molecule has 1 unspecified atom stereocenters. The largest absolute Gasteiger partial charge is 0.364 e. The van der Waals surface area contributed by atoms with Crippen molar-refractivity contribution in [2.75, 3.05) is 13.6 Å². The number of likely N-dealkylation sites (N-methyl/N-ethyl adjacent to an activating group) is 1.